The van der Waals surface area contributed by atoms with Crippen LogP contribution in [0.15, 0.2) is 36.4 Å². The number of amides is 2. The summed E-state index contributed by atoms with van der Waals surface area (Å²) in [7, 11) is 0. The Morgan fingerprint density at radius 2 is 1.69 bits per heavy atom. The van der Waals surface area contributed by atoms with Gasteiger partial charge in [0, 0.05) is 37.3 Å². The summed E-state index contributed by atoms with van der Waals surface area (Å²) in [5.41, 5.74) is 1.78. The van der Waals surface area contributed by atoms with Crippen molar-refractivity contribution in [2.45, 2.75) is 60.2 Å². The van der Waals surface area contributed by atoms with E-state index in [9.17, 15) is 14.0 Å². The van der Waals surface area contributed by atoms with E-state index in [-0.39, 0.29) is 30.5 Å². The molecule has 8 heteroatoms. The van der Waals surface area contributed by atoms with Crippen molar-refractivity contribution in [2.75, 3.05) is 26.3 Å². The van der Waals surface area contributed by atoms with Gasteiger partial charge >= 0.3 is 0 Å². The minimum absolute atomic E-state index is 0.0569. The lowest BCUT2D eigenvalue weighted by molar-refractivity contribution is -0.137. The van der Waals surface area contributed by atoms with Gasteiger partial charge in [0.25, 0.3) is 11.8 Å². The fourth-order valence-corrected chi connectivity index (χ4v) is 3.77. The first kappa shape index (κ1) is 28.1. The van der Waals surface area contributed by atoms with Crippen molar-refractivity contribution in [2.24, 2.45) is 0 Å². The molecule has 2 amide bonds. The molecular weight excluding hydrogens is 449 g/mol. The number of rotatable bonds is 13. The number of hydrogen-bond donors (Lipinski definition) is 2. The highest BCUT2D eigenvalue weighted by atomic mass is 19.1. The maximum Gasteiger partial charge on any atom is 0.260 e. The van der Waals surface area contributed by atoms with Crippen molar-refractivity contribution in [1.82, 2.24) is 15.5 Å². The predicted molar refractivity (Wildman–Crippen MR) is 135 cm³/mol. The number of halogens is 1. The molecule has 2 N–H and O–H groups in total. The number of carbonyl (C=O) groups excluding carboxylic acids is 2. The Kier molecular flexibility index (Phi) is 11.0. The van der Waals surface area contributed by atoms with Crippen molar-refractivity contribution in [3.63, 3.8) is 0 Å². The highest BCUT2D eigenvalue weighted by molar-refractivity contribution is 5.94. The SMILES string of the molecule is CCOc1cc(CNCCNC(=O)c2ccc(C)c(F)c2)ccc1OCC(=O)N(C(C)C)C(C)C. The Labute approximate surface area is 208 Å². The number of hydrogen-bond acceptors (Lipinski definition) is 5. The third-order valence-electron chi connectivity index (χ3n) is 5.41. The second-order valence-electron chi connectivity index (χ2n) is 8.89. The van der Waals surface area contributed by atoms with Crippen molar-refractivity contribution < 1.29 is 23.5 Å². The molecule has 2 aromatic carbocycles. The van der Waals surface area contributed by atoms with Crippen LogP contribution in [0.1, 0.15) is 56.1 Å². The first-order chi connectivity index (χ1) is 16.6. The fourth-order valence-electron chi connectivity index (χ4n) is 3.77. The third kappa shape index (κ3) is 8.55. The van der Waals surface area contributed by atoms with Gasteiger partial charge in [-0.25, -0.2) is 4.39 Å². The molecule has 0 aliphatic rings. The highest BCUT2D eigenvalue weighted by Gasteiger charge is 2.21. The van der Waals surface area contributed by atoms with E-state index in [1.165, 1.54) is 6.07 Å². The van der Waals surface area contributed by atoms with E-state index in [1.54, 1.807) is 30.0 Å². The molecule has 2 aromatic rings. The molecule has 35 heavy (non-hydrogen) atoms. The maximum atomic E-state index is 13.6. The summed E-state index contributed by atoms with van der Waals surface area (Å²) in [4.78, 5) is 26.6. The van der Waals surface area contributed by atoms with Crippen molar-refractivity contribution in [3.8, 4) is 11.5 Å². The Morgan fingerprint density at radius 3 is 2.31 bits per heavy atom. The Morgan fingerprint density at radius 1 is 0.971 bits per heavy atom. The fraction of sp³-hybridized carbons (Fsp3) is 0.481. The smallest absolute Gasteiger partial charge is 0.260 e. The zero-order valence-corrected chi connectivity index (χ0v) is 21.6. The monoisotopic (exact) mass is 487 g/mol. The molecule has 2 rings (SSSR count). The number of aryl methyl sites for hydroxylation is 1. The van der Waals surface area contributed by atoms with Gasteiger partial charge in [-0.05, 0) is 76.9 Å². The topological polar surface area (TPSA) is 79.9 Å². The van der Waals surface area contributed by atoms with Crippen LogP contribution in [-0.4, -0.2) is 55.1 Å². The van der Waals surface area contributed by atoms with Crippen LogP contribution in [0.4, 0.5) is 4.39 Å². The van der Waals surface area contributed by atoms with Crippen molar-refractivity contribution >= 4 is 11.8 Å². The van der Waals surface area contributed by atoms with Crippen LogP contribution in [-0.2, 0) is 11.3 Å². The lowest BCUT2D eigenvalue weighted by Gasteiger charge is -2.30. The number of ether oxygens (including phenoxy) is 2. The third-order valence-corrected chi connectivity index (χ3v) is 5.41. The second-order valence-corrected chi connectivity index (χ2v) is 8.89. The summed E-state index contributed by atoms with van der Waals surface area (Å²) >= 11 is 0. The van der Waals surface area contributed by atoms with E-state index in [0.29, 0.717) is 48.9 Å². The van der Waals surface area contributed by atoms with Gasteiger partial charge in [0.2, 0.25) is 0 Å². The largest absolute Gasteiger partial charge is 0.490 e. The van der Waals surface area contributed by atoms with Crippen LogP contribution in [0.3, 0.4) is 0 Å². The number of nitrogens with one attached hydrogen (secondary N) is 2. The molecule has 192 valence electrons. The molecule has 0 spiro atoms. The predicted octanol–water partition coefficient (Wildman–Crippen LogP) is 4.08. The van der Waals surface area contributed by atoms with Gasteiger partial charge in [-0.2, -0.15) is 0 Å². The standard InChI is InChI=1S/C27H38FN3O4/c1-7-34-25-14-21(9-11-24(25)35-17-26(32)31(18(2)3)19(4)5)16-29-12-13-30-27(33)22-10-8-20(6)23(28)15-22/h8-11,14-15,18-19,29H,7,12-13,16-17H2,1-6H3,(H,30,33). The average Bonchev–Trinajstić information content (AvgIpc) is 2.79. The summed E-state index contributed by atoms with van der Waals surface area (Å²) < 4.78 is 25.2. The molecule has 0 atom stereocenters. The van der Waals surface area contributed by atoms with Gasteiger partial charge < -0.3 is 25.0 Å². The van der Waals surface area contributed by atoms with Crippen molar-refractivity contribution in [3.05, 3.63) is 58.9 Å². The number of nitrogens with zero attached hydrogens (tertiary/aromatic N) is 1. The van der Waals surface area contributed by atoms with E-state index < -0.39 is 5.82 Å². The summed E-state index contributed by atoms with van der Waals surface area (Å²) in [5.74, 6) is 0.325. The summed E-state index contributed by atoms with van der Waals surface area (Å²) in [6.45, 7) is 13.4. The summed E-state index contributed by atoms with van der Waals surface area (Å²) in [6.07, 6.45) is 0. The highest BCUT2D eigenvalue weighted by Crippen LogP contribution is 2.28. The Balaban J connectivity index is 1.86. The van der Waals surface area contributed by atoms with Gasteiger partial charge in [-0.3, -0.25) is 9.59 Å². The first-order valence-electron chi connectivity index (χ1n) is 12.1. The van der Waals surface area contributed by atoms with Crippen LogP contribution in [0.25, 0.3) is 0 Å². The molecule has 0 saturated heterocycles. The molecule has 0 aromatic heterocycles. The quantitative estimate of drug-likeness (QED) is 0.416. The van der Waals surface area contributed by atoms with E-state index in [0.717, 1.165) is 5.56 Å². The first-order valence-corrected chi connectivity index (χ1v) is 12.1. The van der Waals surface area contributed by atoms with Gasteiger partial charge in [-0.1, -0.05) is 12.1 Å². The van der Waals surface area contributed by atoms with Crippen molar-refractivity contribution in [1.29, 1.82) is 0 Å². The molecule has 0 aliphatic heterocycles. The van der Waals surface area contributed by atoms with Crippen LogP contribution in [0.2, 0.25) is 0 Å². The van der Waals surface area contributed by atoms with Gasteiger partial charge in [0.15, 0.2) is 18.1 Å². The molecular formula is C27H38FN3O4. The molecule has 0 saturated carbocycles. The van der Waals surface area contributed by atoms with E-state index in [1.807, 2.05) is 46.8 Å². The molecule has 0 unspecified atom stereocenters. The minimum Gasteiger partial charge on any atom is -0.490 e. The molecule has 0 fully saturated rings. The maximum absolute atomic E-state index is 13.6. The number of carbonyl (C=O) groups is 2. The zero-order chi connectivity index (χ0) is 26.0. The zero-order valence-electron chi connectivity index (χ0n) is 21.6. The van der Waals surface area contributed by atoms with Gasteiger partial charge in [0.1, 0.15) is 5.82 Å². The van der Waals surface area contributed by atoms with Crippen LogP contribution in [0.5, 0.6) is 11.5 Å². The normalized spacial score (nSPS) is 11.0. The Bertz CT molecular complexity index is 986. The van der Waals surface area contributed by atoms with Crippen LogP contribution < -0.4 is 20.1 Å². The summed E-state index contributed by atoms with van der Waals surface area (Å²) in [6, 6.07) is 10.2. The summed E-state index contributed by atoms with van der Waals surface area (Å²) in [5, 5.41) is 6.04. The van der Waals surface area contributed by atoms with E-state index in [4.69, 9.17) is 9.47 Å². The molecule has 0 heterocycles. The minimum atomic E-state index is -0.394. The lowest BCUT2D eigenvalue weighted by atomic mass is 10.1. The number of benzene rings is 2. The molecule has 0 aliphatic carbocycles. The van der Waals surface area contributed by atoms with Gasteiger partial charge in [-0.15, -0.1) is 0 Å². The second kappa shape index (κ2) is 13.7. The lowest BCUT2D eigenvalue weighted by Crippen LogP contribution is -2.44. The molecule has 0 radical (unpaired) electrons. The Hall–Kier alpha value is -3.13. The van der Waals surface area contributed by atoms with E-state index in [2.05, 4.69) is 10.6 Å². The average molecular weight is 488 g/mol. The molecule has 7 nitrogen and oxygen atoms in total. The van der Waals surface area contributed by atoms with Crippen LogP contribution >= 0.6 is 0 Å². The van der Waals surface area contributed by atoms with E-state index >= 15 is 0 Å². The van der Waals surface area contributed by atoms with Crippen LogP contribution in [0, 0.1) is 12.7 Å². The molecule has 0 bridgehead atoms. The van der Waals surface area contributed by atoms with Gasteiger partial charge in [0.05, 0.1) is 6.61 Å².